The molecule has 0 aliphatic rings. The van der Waals surface area contributed by atoms with E-state index in [0.29, 0.717) is 0 Å². The van der Waals surface area contributed by atoms with Gasteiger partial charge in [-0.1, -0.05) is 164 Å². The Balaban J connectivity index is 1.02. The summed E-state index contributed by atoms with van der Waals surface area (Å²) in [4.78, 5) is 0. The monoisotopic (exact) mass is 891 g/mol. The van der Waals surface area contributed by atoms with E-state index in [1.54, 1.807) is 0 Å². The van der Waals surface area contributed by atoms with Crippen molar-refractivity contribution in [3.8, 4) is 50.4 Å². The quantitative estimate of drug-likeness (QED) is 0.163. The molecule has 0 saturated carbocycles. The van der Waals surface area contributed by atoms with E-state index < -0.39 is 0 Å². The molecule has 0 aliphatic carbocycles. The summed E-state index contributed by atoms with van der Waals surface area (Å²) in [5, 5.41) is 9.48. The molecule has 0 saturated heterocycles. The molecule has 15 aromatic rings. The Hall–Kier alpha value is -9.38. The van der Waals surface area contributed by atoms with Crippen molar-refractivity contribution in [3.63, 3.8) is 0 Å². The molecular formula is C66H41N3O. The van der Waals surface area contributed by atoms with Crippen molar-refractivity contribution in [2.75, 3.05) is 0 Å². The van der Waals surface area contributed by atoms with Crippen LogP contribution in [0.25, 0.3) is 138 Å². The third kappa shape index (κ3) is 5.59. The van der Waals surface area contributed by atoms with Crippen LogP contribution in [0.2, 0.25) is 0 Å². The molecule has 0 amide bonds. The molecule has 4 nitrogen and oxygen atoms in total. The number of para-hydroxylation sites is 5. The van der Waals surface area contributed by atoms with Crippen LogP contribution in [0.4, 0.5) is 0 Å². The summed E-state index contributed by atoms with van der Waals surface area (Å²) in [7, 11) is 0. The van der Waals surface area contributed by atoms with Gasteiger partial charge in [0.1, 0.15) is 11.2 Å². The molecule has 0 unspecified atom stereocenters. The van der Waals surface area contributed by atoms with Crippen molar-refractivity contribution in [3.05, 3.63) is 249 Å². The zero-order valence-corrected chi connectivity index (χ0v) is 37.9. The largest absolute Gasteiger partial charge is 0.456 e. The molecular weight excluding hydrogens is 851 g/mol. The van der Waals surface area contributed by atoms with Gasteiger partial charge in [0.15, 0.2) is 0 Å². The molecule has 326 valence electrons. The van der Waals surface area contributed by atoms with Crippen molar-refractivity contribution in [2.45, 2.75) is 0 Å². The number of furan rings is 1. The molecule has 15 rings (SSSR count). The van der Waals surface area contributed by atoms with Gasteiger partial charge in [-0.2, -0.15) is 0 Å². The number of aromatic nitrogens is 3. The number of fused-ring (bicyclic) bond motifs is 13. The molecule has 0 radical (unpaired) electrons. The number of hydrogen-bond acceptors (Lipinski definition) is 1. The normalized spacial score (nSPS) is 12.0. The highest BCUT2D eigenvalue weighted by Gasteiger charge is 2.26. The SMILES string of the molecule is c1ccc(-c2cccc(-n3c4ccccc4c4c(-c5ccc6oc7cccc(-c8cc9c%10ccccc%10n(-c%10ccccc%10)c9c9c%10ccccc%10n(-c%10ccccc%10)c89)c7c6c5)cccc43)c2)cc1. The van der Waals surface area contributed by atoms with Gasteiger partial charge < -0.3 is 18.1 Å². The van der Waals surface area contributed by atoms with Crippen molar-refractivity contribution >= 4 is 87.4 Å². The van der Waals surface area contributed by atoms with Crippen molar-refractivity contribution < 1.29 is 4.42 Å². The van der Waals surface area contributed by atoms with Gasteiger partial charge in [0.05, 0.1) is 33.1 Å². The van der Waals surface area contributed by atoms with Crippen LogP contribution in [0, 0.1) is 0 Å². The Bertz CT molecular complexity index is 4570. The van der Waals surface area contributed by atoms with E-state index in [9.17, 15) is 0 Å². The second kappa shape index (κ2) is 15.1. The lowest BCUT2D eigenvalue weighted by atomic mass is 9.93. The fourth-order valence-corrected chi connectivity index (χ4v) is 11.7. The lowest BCUT2D eigenvalue weighted by molar-refractivity contribution is 0.669. The smallest absolute Gasteiger partial charge is 0.136 e. The van der Waals surface area contributed by atoms with Crippen LogP contribution in [-0.4, -0.2) is 13.7 Å². The van der Waals surface area contributed by atoms with Gasteiger partial charge in [-0.3, -0.25) is 0 Å². The maximum absolute atomic E-state index is 6.86. The highest BCUT2D eigenvalue weighted by atomic mass is 16.3. The van der Waals surface area contributed by atoms with Gasteiger partial charge in [0.25, 0.3) is 0 Å². The zero-order valence-electron chi connectivity index (χ0n) is 37.9. The minimum atomic E-state index is 0.861. The van der Waals surface area contributed by atoms with Crippen LogP contribution in [0.1, 0.15) is 0 Å². The number of nitrogens with zero attached hydrogens (tertiary/aromatic N) is 3. The fraction of sp³-hybridized carbons (Fsp3) is 0. The first kappa shape index (κ1) is 38.7. The summed E-state index contributed by atoms with van der Waals surface area (Å²) in [5.41, 5.74) is 19.1. The number of benzene rings is 11. The Labute approximate surface area is 402 Å². The molecule has 70 heavy (non-hydrogen) atoms. The maximum atomic E-state index is 6.86. The molecule has 0 spiro atoms. The minimum absolute atomic E-state index is 0.861. The standard InChI is InChI=1S/C66H41N3O/c1-4-19-42(20-5-1)43-21-16-26-47(39-43)67-57-33-14-11-28-51(57)62-48(30-17-35-59(62)67)44-37-38-60-55(40-44)63-50(31-18-36-61(63)70-60)54-41-53-49-27-10-13-32-56(49)68(45-22-6-2-7-23-45)65(53)64-52-29-12-15-34-58(52)69(66(54)64)46-24-8-3-9-25-46/h1-41H. The first-order valence-electron chi connectivity index (χ1n) is 24.0. The van der Waals surface area contributed by atoms with Crippen LogP contribution < -0.4 is 0 Å². The average molecular weight is 892 g/mol. The Kier molecular flexibility index (Phi) is 8.33. The molecule has 0 bridgehead atoms. The fourth-order valence-electron chi connectivity index (χ4n) is 11.7. The third-order valence-electron chi connectivity index (χ3n) is 14.6. The van der Waals surface area contributed by atoms with Crippen molar-refractivity contribution in [2.24, 2.45) is 0 Å². The summed E-state index contributed by atoms with van der Waals surface area (Å²) in [5.74, 6) is 0. The van der Waals surface area contributed by atoms with Gasteiger partial charge in [-0.15, -0.1) is 0 Å². The van der Waals surface area contributed by atoms with E-state index in [1.807, 2.05) is 0 Å². The van der Waals surface area contributed by atoms with E-state index >= 15 is 0 Å². The zero-order chi connectivity index (χ0) is 45.9. The predicted molar refractivity (Wildman–Crippen MR) is 293 cm³/mol. The van der Waals surface area contributed by atoms with E-state index in [1.165, 1.54) is 71.1 Å². The Morgan fingerprint density at radius 2 is 0.786 bits per heavy atom. The summed E-state index contributed by atoms with van der Waals surface area (Å²) in [6, 6.07) is 90.3. The minimum Gasteiger partial charge on any atom is -0.456 e. The highest BCUT2D eigenvalue weighted by molar-refractivity contribution is 6.31. The molecule has 0 aliphatic heterocycles. The van der Waals surface area contributed by atoms with E-state index in [4.69, 9.17) is 4.42 Å². The van der Waals surface area contributed by atoms with Crippen LogP contribution in [0.5, 0.6) is 0 Å². The second-order valence-corrected chi connectivity index (χ2v) is 18.4. The summed E-state index contributed by atoms with van der Waals surface area (Å²) < 4.78 is 14.2. The maximum Gasteiger partial charge on any atom is 0.136 e. The summed E-state index contributed by atoms with van der Waals surface area (Å²) in [6.07, 6.45) is 0. The highest BCUT2D eigenvalue weighted by Crippen LogP contribution is 2.49. The lowest BCUT2D eigenvalue weighted by Gasteiger charge is -2.15. The van der Waals surface area contributed by atoms with Crippen molar-refractivity contribution in [1.82, 2.24) is 13.7 Å². The average Bonchev–Trinajstić information content (AvgIpc) is 4.18. The molecule has 0 fully saturated rings. The molecule has 4 heterocycles. The second-order valence-electron chi connectivity index (χ2n) is 18.4. The molecule has 4 aromatic heterocycles. The topological polar surface area (TPSA) is 27.9 Å². The number of rotatable bonds is 6. The van der Waals surface area contributed by atoms with Gasteiger partial charge >= 0.3 is 0 Å². The first-order chi connectivity index (χ1) is 34.8. The lowest BCUT2D eigenvalue weighted by Crippen LogP contribution is -1.97. The predicted octanol–water partition coefficient (Wildman–Crippen LogP) is 17.9. The van der Waals surface area contributed by atoms with Crippen LogP contribution in [0.15, 0.2) is 253 Å². The summed E-state index contributed by atoms with van der Waals surface area (Å²) >= 11 is 0. The van der Waals surface area contributed by atoms with Crippen LogP contribution in [-0.2, 0) is 0 Å². The Morgan fingerprint density at radius 3 is 1.53 bits per heavy atom. The third-order valence-corrected chi connectivity index (χ3v) is 14.6. The van der Waals surface area contributed by atoms with E-state index in [0.717, 1.165) is 66.7 Å². The summed E-state index contributed by atoms with van der Waals surface area (Å²) in [6.45, 7) is 0. The van der Waals surface area contributed by atoms with Gasteiger partial charge in [-0.05, 0) is 113 Å². The van der Waals surface area contributed by atoms with E-state index in [-0.39, 0.29) is 0 Å². The van der Waals surface area contributed by atoms with Gasteiger partial charge in [0, 0.05) is 65.7 Å². The molecule has 11 aromatic carbocycles. The van der Waals surface area contributed by atoms with Gasteiger partial charge in [-0.25, -0.2) is 0 Å². The molecule has 0 atom stereocenters. The first-order valence-corrected chi connectivity index (χ1v) is 24.0. The van der Waals surface area contributed by atoms with Crippen molar-refractivity contribution in [1.29, 1.82) is 0 Å². The molecule has 0 N–H and O–H groups in total. The number of hydrogen-bond donors (Lipinski definition) is 0. The van der Waals surface area contributed by atoms with E-state index in [2.05, 4.69) is 262 Å². The Morgan fingerprint density at radius 1 is 0.243 bits per heavy atom. The van der Waals surface area contributed by atoms with Gasteiger partial charge in [0.2, 0.25) is 0 Å². The molecule has 4 heteroatoms. The van der Waals surface area contributed by atoms with Crippen LogP contribution >= 0.6 is 0 Å². The van der Waals surface area contributed by atoms with Crippen LogP contribution in [0.3, 0.4) is 0 Å².